The van der Waals surface area contributed by atoms with Crippen LogP contribution in [0.5, 0.6) is 5.75 Å². The Morgan fingerprint density at radius 1 is 1.06 bits per heavy atom. The van der Waals surface area contributed by atoms with Crippen molar-refractivity contribution in [2.45, 2.75) is 6.92 Å². The number of ether oxygens (including phenoxy) is 1. The number of carbonyl (C=O) groups is 1. The average Bonchev–Trinajstić information content (AvgIpc) is 2.38. The van der Waals surface area contributed by atoms with Crippen molar-refractivity contribution in [2.24, 2.45) is 0 Å². The standard InChI is InChI=1S/C15H13FO2/c1-10-3-5-11(6-4-10)15(17)12-7-8-14(18-2)13(16)9-12/h3-9H,1-2H3. The maximum absolute atomic E-state index is 13.5. The zero-order valence-electron chi connectivity index (χ0n) is 10.2. The van der Waals surface area contributed by atoms with Crippen molar-refractivity contribution in [3.8, 4) is 5.75 Å². The number of hydrogen-bond acceptors (Lipinski definition) is 2. The number of rotatable bonds is 3. The van der Waals surface area contributed by atoms with Crippen molar-refractivity contribution in [3.63, 3.8) is 0 Å². The van der Waals surface area contributed by atoms with E-state index >= 15 is 0 Å². The molecule has 0 spiro atoms. The van der Waals surface area contributed by atoms with Gasteiger partial charge in [-0.05, 0) is 25.1 Å². The first-order valence-electron chi connectivity index (χ1n) is 5.56. The van der Waals surface area contributed by atoms with Gasteiger partial charge in [0.1, 0.15) is 0 Å². The molecule has 92 valence electrons. The van der Waals surface area contributed by atoms with Gasteiger partial charge in [0.2, 0.25) is 0 Å². The summed E-state index contributed by atoms with van der Waals surface area (Å²) < 4.78 is 18.3. The van der Waals surface area contributed by atoms with Crippen LogP contribution in [0.2, 0.25) is 0 Å². The molecule has 0 N–H and O–H groups in total. The van der Waals surface area contributed by atoms with Gasteiger partial charge in [-0.15, -0.1) is 0 Å². The van der Waals surface area contributed by atoms with Gasteiger partial charge in [0.05, 0.1) is 7.11 Å². The van der Waals surface area contributed by atoms with Gasteiger partial charge in [0.25, 0.3) is 0 Å². The molecule has 18 heavy (non-hydrogen) atoms. The van der Waals surface area contributed by atoms with E-state index in [4.69, 9.17) is 4.74 Å². The van der Waals surface area contributed by atoms with E-state index in [0.717, 1.165) is 5.56 Å². The van der Waals surface area contributed by atoms with E-state index in [0.29, 0.717) is 11.1 Å². The lowest BCUT2D eigenvalue weighted by Crippen LogP contribution is -2.02. The van der Waals surface area contributed by atoms with E-state index in [1.807, 2.05) is 19.1 Å². The molecule has 0 heterocycles. The van der Waals surface area contributed by atoms with Gasteiger partial charge in [0, 0.05) is 11.1 Å². The quantitative estimate of drug-likeness (QED) is 0.774. The van der Waals surface area contributed by atoms with E-state index in [-0.39, 0.29) is 11.5 Å². The Hall–Kier alpha value is -2.16. The second kappa shape index (κ2) is 5.00. The largest absolute Gasteiger partial charge is 0.494 e. The molecule has 0 saturated carbocycles. The maximum atomic E-state index is 13.5. The van der Waals surface area contributed by atoms with Gasteiger partial charge < -0.3 is 4.74 Å². The third-order valence-corrected chi connectivity index (χ3v) is 2.73. The molecule has 0 aromatic heterocycles. The van der Waals surface area contributed by atoms with Crippen molar-refractivity contribution in [2.75, 3.05) is 7.11 Å². The van der Waals surface area contributed by atoms with Crippen LogP contribution in [0.4, 0.5) is 4.39 Å². The summed E-state index contributed by atoms with van der Waals surface area (Å²) in [6.45, 7) is 1.95. The summed E-state index contributed by atoms with van der Waals surface area (Å²) in [5.74, 6) is -0.595. The Morgan fingerprint density at radius 3 is 2.22 bits per heavy atom. The van der Waals surface area contributed by atoms with Crippen LogP contribution in [0, 0.1) is 12.7 Å². The number of methoxy groups -OCH3 is 1. The molecule has 0 fully saturated rings. The number of carbonyl (C=O) groups excluding carboxylic acids is 1. The van der Waals surface area contributed by atoms with Gasteiger partial charge in [0.15, 0.2) is 17.3 Å². The molecule has 2 nitrogen and oxygen atoms in total. The van der Waals surface area contributed by atoms with Crippen LogP contribution in [-0.2, 0) is 0 Å². The molecule has 0 bridgehead atoms. The van der Waals surface area contributed by atoms with Crippen molar-refractivity contribution in [1.82, 2.24) is 0 Å². The molecule has 2 rings (SSSR count). The van der Waals surface area contributed by atoms with E-state index in [2.05, 4.69) is 0 Å². The van der Waals surface area contributed by atoms with Gasteiger partial charge >= 0.3 is 0 Å². The lowest BCUT2D eigenvalue weighted by Gasteiger charge is -2.05. The first kappa shape index (κ1) is 12.3. The molecule has 0 atom stereocenters. The summed E-state index contributed by atoms with van der Waals surface area (Å²) in [5, 5.41) is 0. The number of ketones is 1. The van der Waals surface area contributed by atoms with E-state index in [1.165, 1.54) is 19.2 Å². The van der Waals surface area contributed by atoms with Crippen LogP contribution in [0.25, 0.3) is 0 Å². The summed E-state index contributed by atoms with van der Waals surface area (Å²) in [4.78, 5) is 12.1. The minimum absolute atomic E-state index is 0.135. The van der Waals surface area contributed by atoms with Crippen LogP contribution in [-0.4, -0.2) is 12.9 Å². The van der Waals surface area contributed by atoms with E-state index in [1.54, 1.807) is 18.2 Å². The van der Waals surface area contributed by atoms with Crippen LogP contribution >= 0.6 is 0 Å². The molecule has 3 heteroatoms. The predicted molar refractivity (Wildman–Crippen MR) is 67.6 cm³/mol. The minimum atomic E-state index is -0.532. The highest BCUT2D eigenvalue weighted by molar-refractivity contribution is 6.09. The molecule has 0 aliphatic heterocycles. The average molecular weight is 244 g/mol. The third-order valence-electron chi connectivity index (χ3n) is 2.73. The molecule has 0 unspecified atom stereocenters. The summed E-state index contributed by atoms with van der Waals surface area (Å²) >= 11 is 0. The molecule has 2 aromatic rings. The molecule has 0 amide bonds. The molecule has 0 aliphatic rings. The second-order valence-corrected chi connectivity index (χ2v) is 4.04. The van der Waals surface area contributed by atoms with E-state index in [9.17, 15) is 9.18 Å². The molecule has 0 radical (unpaired) electrons. The van der Waals surface area contributed by atoms with Gasteiger partial charge in [-0.2, -0.15) is 0 Å². The van der Waals surface area contributed by atoms with Crippen LogP contribution < -0.4 is 4.74 Å². The normalized spacial score (nSPS) is 10.2. The highest BCUT2D eigenvalue weighted by Gasteiger charge is 2.11. The first-order valence-corrected chi connectivity index (χ1v) is 5.56. The fourth-order valence-corrected chi connectivity index (χ4v) is 1.68. The predicted octanol–water partition coefficient (Wildman–Crippen LogP) is 3.37. The van der Waals surface area contributed by atoms with E-state index < -0.39 is 5.82 Å². The van der Waals surface area contributed by atoms with Crippen molar-refractivity contribution < 1.29 is 13.9 Å². The van der Waals surface area contributed by atoms with Gasteiger partial charge in [-0.25, -0.2) is 4.39 Å². The summed E-state index contributed by atoms with van der Waals surface area (Å²) in [5.41, 5.74) is 1.94. The smallest absolute Gasteiger partial charge is 0.193 e. The lowest BCUT2D eigenvalue weighted by atomic mass is 10.0. The minimum Gasteiger partial charge on any atom is -0.494 e. The SMILES string of the molecule is COc1ccc(C(=O)c2ccc(C)cc2)cc1F. The van der Waals surface area contributed by atoms with Crippen LogP contribution in [0.3, 0.4) is 0 Å². The topological polar surface area (TPSA) is 26.3 Å². The number of hydrogen-bond donors (Lipinski definition) is 0. The van der Waals surface area contributed by atoms with Crippen molar-refractivity contribution >= 4 is 5.78 Å². The van der Waals surface area contributed by atoms with Crippen molar-refractivity contribution in [1.29, 1.82) is 0 Å². The highest BCUT2D eigenvalue weighted by atomic mass is 19.1. The molecule has 2 aromatic carbocycles. The number of aryl methyl sites for hydroxylation is 1. The lowest BCUT2D eigenvalue weighted by molar-refractivity contribution is 0.103. The fraction of sp³-hybridized carbons (Fsp3) is 0.133. The van der Waals surface area contributed by atoms with Crippen LogP contribution in [0.15, 0.2) is 42.5 Å². The zero-order valence-corrected chi connectivity index (χ0v) is 10.2. The Labute approximate surface area is 105 Å². The first-order chi connectivity index (χ1) is 8.61. The van der Waals surface area contributed by atoms with Crippen LogP contribution in [0.1, 0.15) is 21.5 Å². The Morgan fingerprint density at radius 2 is 1.67 bits per heavy atom. The van der Waals surface area contributed by atoms with Gasteiger partial charge in [-0.1, -0.05) is 29.8 Å². The van der Waals surface area contributed by atoms with Crippen molar-refractivity contribution in [3.05, 3.63) is 65.0 Å². The number of benzene rings is 2. The monoisotopic (exact) mass is 244 g/mol. The molecular weight excluding hydrogens is 231 g/mol. The summed E-state index contributed by atoms with van der Waals surface area (Å²) in [7, 11) is 1.39. The summed E-state index contributed by atoms with van der Waals surface area (Å²) in [6.07, 6.45) is 0. The highest BCUT2D eigenvalue weighted by Crippen LogP contribution is 2.19. The van der Waals surface area contributed by atoms with Gasteiger partial charge in [-0.3, -0.25) is 4.79 Å². The zero-order chi connectivity index (χ0) is 13.1. The third kappa shape index (κ3) is 2.40. The fourth-order valence-electron chi connectivity index (χ4n) is 1.68. The maximum Gasteiger partial charge on any atom is 0.193 e. The molecular formula is C15H13FO2. The Balaban J connectivity index is 2.34. The molecule has 0 saturated heterocycles. The second-order valence-electron chi connectivity index (χ2n) is 4.04. The Kier molecular flexibility index (Phi) is 3.42. The Bertz CT molecular complexity index is 574. The number of halogens is 1. The summed E-state index contributed by atoms with van der Waals surface area (Å²) in [6, 6.07) is 11.4. The molecule has 0 aliphatic carbocycles.